The summed E-state index contributed by atoms with van der Waals surface area (Å²) in [5, 5.41) is 90.5. The Morgan fingerprint density at radius 2 is 0.716 bits per heavy atom. The lowest BCUT2D eigenvalue weighted by Crippen LogP contribution is -2.29. The molecular weight excluding hydrogens is 1870 g/mol. The number of pyridine rings is 1. The summed E-state index contributed by atoms with van der Waals surface area (Å²) in [5.74, 6) is 0.922. The van der Waals surface area contributed by atoms with Gasteiger partial charge in [-0.3, -0.25) is 70.2 Å². The second kappa shape index (κ2) is 37.2. The van der Waals surface area contributed by atoms with Crippen LogP contribution in [0.1, 0.15) is 236 Å². The van der Waals surface area contributed by atoms with Crippen molar-refractivity contribution < 1.29 is 24.0 Å². The third kappa shape index (κ3) is 17.1. The van der Waals surface area contributed by atoms with E-state index in [4.69, 9.17) is 15.2 Å². The monoisotopic (exact) mass is 1970 g/mol. The number of carbonyl (C=O) groups is 5. The molecule has 0 aromatic carbocycles. The smallest absolute Gasteiger partial charge is 0.274 e. The molecule has 0 atom stereocenters. The maximum atomic E-state index is 13.0. The normalized spacial score (nSPS) is 16.7. The molecule has 20 bridgehead atoms. The first-order valence-electron chi connectivity index (χ1n) is 50.5. The molecule has 0 saturated heterocycles. The summed E-state index contributed by atoms with van der Waals surface area (Å²) < 4.78 is 18.7. The van der Waals surface area contributed by atoms with Crippen molar-refractivity contribution in [2.75, 3.05) is 40.3 Å². The first kappa shape index (κ1) is 91.6. The van der Waals surface area contributed by atoms with E-state index in [9.17, 15) is 24.0 Å². The van der Waals surface area contributed by atoms with Gasteiger partial charge in [0.2, 0.25) is 11.7 Å². The molecule has 0 radical (unpaired) electrons. The molecule has 0 spiro atoms. The minimum absolute atomic E-state index is 0.108. The predicted octanol–water partition coefficient (Wildman–Crippen LogP) is 10.8. The maximum absolute atomic E-state index is 13.0. The van der Waals surface area contributed by atoms with Gasteiger partial charge in [-0.1, -0.05) is 36.4 Å². The van der Waals surface area contributed by atoms with Gasteiger partial charge in [-0.2, -0.15) is 81.6 Å². The van der Waals surface area contributed by atoms with E-state index >= 15 is 0 Å². The van der Waals surface area contributed by atoms with Crippen molar-refractivity contribution in [2.24, 2.45) is 21.1 Å². The van der Waals surface area contributed by atoms with Crippen LogP contribution in [-0.4, -0.2) is 233 Å². The molecule has 22 heterocycles. The minimum atomic E-state index is -0.247. The molecule has 41 nitrogen and oxygen atoms in total. The highest BCUT2D eigenvalue weighted by Gasteiger charge is 2.39. The Morgan fingerprint density at radius 1 is 0.331 bits per heavy atom. The van der Waals surface area contributed by atoms with Crippen molar-refractivity contribution in [3.63, 3.8) is 0 Å². The van der Waals surface area contributed by atoms with E-state index in [0.717, 1.165) is 226 Å². The molecule has 148 heavy (non-hydrogen) atoms. The number of carbonyl (C=O) groups excluding carboxylic acids is 5. The van der Waals surface area contributed by atoms with Crippen molar-refractivity contribution >= 4 is 68.8 Å². The number of imidazole rings is 2. The van der Waals surface area contributed by atoms with Gasteiger partial charge in [0.25, 0.3) is 23.6 Å². The summed E-state index contributed by atoms with van der Waals surface area (Å²) in [7, 11) is 9.09. The van der Waals surface area contributed by atoms with Crippen LogP contribution in [0.3, 0.4) is 0 Å². The molecule has 5 amide bonds. The van der Waals surface area contributed by atoms with Crippen LogP contribution in [0.5, 0.6) is 0 Å². The first-order valence-corrected chi connectivity index (χ1v) is 50.5. The largest absolute Gasteiger partial charge is 0.351 e. The molecule has 17 aromatic rings. The van der Waals surface area contributed by atoms with Gasteiger partial charge in [0.05, 0.1) is 109 Å². The number of aryl methyl sites for hydroxylation is 11. The average Bonchev–Trinajstić information content (AvgIpc) is 1.59. The Labute approximate surface area is 847 Å². The number of allylic oxidation sites excluding steroid dienone is 5. The van der Waals surface area contributed by atoms with Gasteiger partial charge in [-0.25, -0.2) is 15.0 Å². The molecule has 12 aliphatic rings. The van der Waals surface area contributed by atoms with E-state index < -0.39 is 0 Å². The number of nitrogens with one attached hydrogen (secondary N) is 3. The van der Waals surface area contributed by atoms with Gasteiger partial charge in [0, 0.05) is 268 Å². The van der Waals surface area contributed by atoms with Crippen LogP contribution in [-0.2, 0) is 97.3 Å². The lowest BCUT2D eigenvalue weighted by atomic mass is 9.98. The fourth-order valence-electron chi connectivity index (χ4n) is 21.4. The lowest BCUT2D eigenvalue weighted by Gasteiger charge is -2.17. The van der Waals surface area contributed by atoms with Crippen LogP contribution in [0.25, 0.3) is 95.8 Å². The third-order valence-corrected chi connectivity index (χ3v) is 29.1. The average molecular weight is 1970 g/mol. The van der Waals surface area contributed by atoms with Crippen LogP contribution >= 0.6 is 0 Å². The molecular formula is C107H104N36O5. The van der Waals surface area contributed by atoms with Crippen LogP contribution in [0.15, 0.2) is 153 Å². The highest BCUT2D eigenvalue weighted by atomic mass is 16.2. The lowest BCUT2D eigenvalue weighted by molar-refractivity contribution is -0.130. The van der Waals surface area contributed by atoms with Crippen molar-refractivity contribution in [3.05, 3.63) is 294 Å². The van der Waals surface area contributed by atoms with Crippen molar-refractivity contribution in [1.29, 1.82) is 0 Å². The zero-order chi connectivity index (χ0) is 101. The summed E-state index contributed by atoms with van der Waals surface area (Å²) in [6.07, 6.45) is 45.6. The molecule has 2 saturated carbocycles. The first-order chi connectivity index (χ1) is 72.1. The van der Waals surface area contributed by atoms with E-state index in [0.29, 0.717) is 125 Å². The Morgan fingerprint density at radius 3 is 1.18 bits per heavy atom. The second-order valence-corrected chi connectivity index (χ2v) is 39.6. The number of rotatable bonds is 2. The van der Waals surface area contributed by atoms with Gasteiger partial charge >= 0.3 is 0 Å². The Balaban J connectivity index is 0.0000000963. The van der Waals surface area contributed by atoms with E-state index in [1.165, 1.54) is 59.3 Å². The van der Waals surface area contributed by atoms with Crippen LogP contribution in [0, 0.1) is 20.8 Å². The molecule has 2 fully saturated rings. The standard InChI is InChI=1S/C26H25N7O.C21H18N8O.C21H21N7O.C20H21N7O.C19H19N7O/c1-31-15-22-26(33-12-3-2-5-23(33)27-22)21-13-18-17(9-10-20(18)28-29-21)19-14-32(11-4-6-24(31)34)30-25(19)16-7-8-16;1-12-15-11-28(27-12)8-2-6-22-20(30)18-19(29-9-3-7-23-21(29)24-18)17-10-14-13(15)4-5-16(14)25-26-17;1-27-10-16-18-9-14-13(5-6-17(14)23-24-18)15-11-28(26-19(15)12-3-4-12)8-2-7-22-21(29)20(16)25-27;1-12-15-11-27(23-12)8-4-7-25(2)20(28)19-16(10-26(3)24-19)18-9-14-13(15)5-6-17(14)21-22-18;1-11-14-10-26(23-11)7-3-6-20-19(27)18-15(9-25(2)24-18)17-8-13-12(14)4-5-16(13)21-22-17/h2-3,5,9,12-14,16H,4,6-8,10-11,15H2,1H3;3-4,7,9-11H,2,5-6,8H2,1H3,(H,22,30);5,9-12H,2-4,6-8H2,1H3,(H,22,29);5,9-11H,4,6-8H2,1-3H3;4,8-10H,3,5-7H2,1-2H3,(H,20,27). The van der Waals surface area contributed by atoms with Gasteiger partial charge in [0.1, 0.15) is 22.7 Å². The quantitative estimate of drug-likeness (QED) is 0.145. The van der Waals surface area contributed by atoms with Gasteiger partial charge in [-0.15, -0.1) is 10.2 Å². The molecule has 41 heteroatoms. The van der Waals surface area contributed by atoms with Crippen molar-refractivity contribution in [1.82, 2.24) is 179 Å². The van der Waals surface area contributed by atoms with E-state index in [1.807, 2.05) is 150 Å². The summed E-state index contributed by atoms with van der Waals surface area (Å²) in [6, 6.07) is 18.0. The fraction of sp³-hybridized carbons (Fsp3) is 0.327. The van der Waals surface area contributed by atoms with Gasteiger partial charge in [0.15, 0.2) is 22.8 Å². The minimum Gasteiger partial charge on any atom is -0.351 e. The number of nitrogens with zero attached hydrogens (tertiary/aromatic N) is 33. The van der Waals surface area contributed by atoms with Gasteiger partial charge < -0.3 is 25.8 Å². The van der Waals surface area contributed by atoms with Crippen LogP contribution in [0.2, 0.25) is 0 Å². The summed E-state index contributed by atoms with van der Waals surface area (Å²) in [4.78, 5) is 81.4. The highest BCUT2D eigenvalue weighted by molar-refractivity contribution is 6.03. The third-order valence-electron chi connectivity index (χ3n) is 29.1. The van der Waals surface area contributed by atoms with E-state index in [2.05, 4.69) is 181 Å². The fourth-order valence-corrected chi connectivity index (χ4v) is 21.4. The maximum Gasteiger partial charge on any atom is 0.274 e. The van der Waals surface area contributed by atoms with E-state index in [1.54, 1.807) is 41.5 Å². The van der Waals surface area contributed by atoms with Crippen LogP contribution in [0.4, 0.5) is 0 Å². The zero-order valence-electron chi connectivity index (χ0n) is 83.1. The van der Waals surface area contributed by atoms with Crippen molar-refractivity contribution in [2.45, 2.75) is 168 Å². The number of aromatic nitrogens is 31. The van der Waals surface area contributed by atoms with E-state index in [-0.39, 0.29) is 29.5 Å². The van der Waals surface area contributed by atoms with Gasteiger partial charge in [-0.05, 0) is 155 Å². The molecule has 7 aliphatic carbocycles. The number of amides is 5. The summed E-state index contributed by atoms with van der Waals surface area (Å²) in [5.41, 5.74) is 37.2. The second-order valence-electron chi connectivity index (χ2n) is 39.6. The van der Waals surface area contributed by atoms with Crippen LogP contribution < -0.4 is 16.0 Å². The molecule has 17 aromatic heterocycles. The van der Waals surface area contributed by atoms with Crippen molar-refractivity contribution in [3.8, 4) is 56.5 Å². The molecule has 29 rings (SSSR count). The zero-order valence-corrected chi connectivity index (χ0v) is 83.1. The Kier molecular flexibility index (Phi) is 23.1. The topological polar surface area (TPSA) is 447 Å². The Bertz CT molecular complexity index is 8540. The number of hydrogen-bond donors (Lipinski definition) is 3. The number of hydrogen-bond acceptors (Lipinski definition) is 26. The molecule has 5 aliphatic heterocycles. The molecule has 3 N–H and O–H groups in total. The molecule has 742 valence electrons. The molecule has 0 unspecified atom stereocenters. The predicted molar refractivity (Wildman–Crippen MR) is 544 cm³/mol. The Hall–Kier alpha value is -17.6. The summed E-state index contributed by atoms with van der Waals surface area (Å²) in [6.45, 7) is 12.5. The number of fused-ring (bicyclic) bond motifs is 34. The summed E-state index contributed by atoms with van der Waals surface area (Å²) >= 11 is 0. The SMILES string of the molecule is CN1Cc2nc3ccccn3c2-c2cc3c(nn2)CC=C3c2cn(nc2C2CC2)CCCC1=O.Cc1nn2cc1C1=CCc3nnc(cc31)-c1c(nc3ncccn13)C(=O)NCCC2.Cc1nn2cc1C1=CCc3nnc(cc31)-c1cn(C)nc1C(=O)N(C)CCC2.Cc1nn2cc1C1=CCc3nnc(cc31)-c1cn(C)nc1C(=O)NCCC2.Cn1cc2c(n1)C(=O)NCCCn1cc(c(C3CC3)n1)C1=CCc3nnc-2cc31. The highest BCUT2D eigenvalue weighted by Crippen LogP contribution is 2.49.